The minimum absolute atomic E-state index is 0.251. The molecule has 0 bridgehead atoms. The summed E-state index contributed by atoms with van der Waals surface area (Å²) in [6, 6.07) is 24.1. The number of hydrogen-bond donors (Lipinski definition) is 1. The van der Waals surface area contributed by atoms with Crippen molar-refractivity contribution in [1.82, 2.24) is 0 Å². The first-order valence-corrected chi connectivity index (χ1v) is 9.39. The van der Waals surface area contributed by atoms with Crippen molar-refractivity contribution in [3.8, 4) is 33.8 Å². The lowest BCUT2D eigenvalue weighted by Crippen LogP contribution is -1.97. The van der Waals surface area contributed by atoms with Gasteiger partial charge in [-0.05, 0) is 41.3 Å². The van der Waals surface area contributed by atoms with Gasteiger partial charge in [-0.25, -0.2) is 0 Å². The number of unbranched alkanes of at least 4 members (excludes halogenated alkanes) is 3. The molecule has 0 atom stereocenters. The molecule has 0 spiro atoms. The Hall–Kier alpha value is -2.74. The SMILES string of the molecule is CCCCCCOc1ccc(-c2cccc(-c3ccccc3)c2)c(O)c1. The van der Waals surface area contributed by atoms with Crippen LogP contribution in [0, 0.1) is 0 Å². The van der Waals surface area contributed by atoms with E-state index < -0.39 is 0 Å². The fourth-order valence-corrected chi connectivity index (χ4v) is 3.06. The standard InChI is InChI=1S/C24H26O2/c1-2-3-4-8-16-26-22-14-15-23(24(25)18-22)21-13-9-12-20(17-21)19-10-6-5-7-11-19/h5-7,9-15,17-18,25H,2-4,8,16H2,1H3. The smallest absolute Gasteiger partial charge is 0.127 e. The summed E-state index contributed by atoms with van der Waals surface area (Å²) in [5.74, 6) is 0.975. The van der Waals surface area contributed by atoms with Gasteiger partial charge in [0.25, 0.3) is 0 Å². The van der Waals surface area contributed by atoms with Crippen LogP contribution < -0.4 is 4.74 Å². The van der Waals surface area contributed by atoms with Crippen molar-refractivity contribution in [2.45, 2.75) is 32.6 Å². The van der Waals surface area contributed by atoms with Crippen LogP contribution >= 0.6 is 0 Å². The van der Waals surface area contributed by atoms with Crippen LogP contribution in [0.15, 0.2) is 72.8 Å². The van der Waals surface area contributed by atoms with Crippen molar-refractivity contribution < 1.29 is 9.84 Å². The normalized spacial score (nSPS) is 10.7. The van der Waals surface area contributed by atoms with Gasteiger partial charge in [0.05, 0.1) is 6.61 Å². The van der Waals surface area contributed by atoms with E-state index in [1.807, 2.05) is 42.5 Å². The number of phenols is 1. The molecule has 134 valence electrons. The average molecular weight is 346 g/mol. The van der Waals surface area contributed by atoms with Crippen molar-refractivity contribution in [1.29, 1.82) is 0 Å². The number of phenolic OH excluding ortho intramolecular Hbond substituents is 1. The third kappa shape index (κ3) is 4.66. The molecule has 0 aliphatic heterocycles. The molecule has 0 unspecified atom stereocenters. The maximum atomic E-state index is 10.5. The van der Waals surface area contributed by atoms with Gasteiger partial charge in [0.1, 0.15) is 11.5 Å². The summed E-state index contributed by atoms with van der Waals surface area (Å²) in [7, 11) is 0. The Bertz CT molecular complexity index is 825. The van der Waals surface area contributed by atoms with E-state index in [4.69, 9.17) is 4.74 Å². The molecule has 0 aromatic heterocycles. The molecule has 3 aromatic rings. The summed E-state index contributed by atoms with van der Waals surface area (Å²) >= 11 is 0. The monoisotopic (exact) mass is 346 g/mol. The van der Waals surface area contributed by atoms with Crippen LogP contribution in [0.1, 0.15) is 32.6 Å². The quantitative estimate of drug-likeness (QED) is 0.461. The second-order valence-electron chi connectivity index (χ2n) is 6.53. The third-order valence-electron chi connectivity index (χ3n) is 4.52. The number of rotatable bonds is 8. The zero-order chi connectivity index (χ0) is 18.2. The summed E-state index contributed by atoms with van der Waals surface area (Å²) in [5, 5.41) is 10.5. The maximum absolute atomic E-state index is 10.5. The number of hydrogen-bond acceptors (Lipinski definition) is 2. The Morgan fingerprint density at radius 1 is 0.731 bits per heavy atom. The van der Waals surface area contributed by atoms with Gasteiger partial charge in [0.2, 0.25) is 0 Å². The Morgan fingerprint density at radius 3 is 2.27 bits per heavy atom. The first kappa shape index (κ1) is 18.1. The van der Waals surface area contributed by atoms with E-state index in [9.17, 15) is 5.11 Å². The predicted molar refractivity (Wildman–Crippen MR) is 109 cm³/mol. The Labute approximate surface area is 156 Å². The van der Waals surface area contributed by atoms with E-state index in [0.717, 1.165) is 28.9 Å². The Morgan fingerprint density at radius 2 is 1.50 bits per heavy atom. The molecule has 0 saturated carbocycles. The first-order valence-electron chi connectivity index (χ1n) is 9.39. The summed E-state index contributed by atoms with van der Waals surface area (Å²) in [4.78, 5) is 0. The van der Waals surface area contributed by atoms with Crippen LogP contribution in [0.4, 0.5) is 0 Å². The molecule has 0 aliphatic rings. The second kappa shape index (κ2) is 9.10. The number of benzene rings is 3. The zero-order valence-corrected chi connectivity index (χ0v) is 15.3. The minimum Gasteiger partial charge on any atom is -0.507 e. The molecule has 0 amide bonds. The highest BCUT2D eigenvalue weighted by Gasteiger charge is 2.08. The minimum atomic E-state index is 0.251. The molecule has 0 aliphatic carbocycles. The fourth-order valence-electron chi connectivity index (χ4n) is 3.06. The van der Waals surface area contributed by atoms with Gasteiger partial charge in [-0.3, -0.25) is 0 Å². The molecule has 2 nitrogen and oxygen atoms in total. The average Bonchev–Trinajstić information content (AvgIpc) is 2.69. The fraction of sp³-hybridized carbons (Fsp3) is 0.250. The molecule has 0 fully saturated rings. The van der Waals surface area contributed by atoms with Gasteiger partial charge < -0.3 is 9.84 Å². The molecular formula is C24H26O2. The first-order chi connectivity index (χ1) is 12.8. The molecule has 3 aromatic carbocycles. The van der Waals surface area contributed by atoms with Crippen molar-refractivity contribution in [2.24, 2.45) is 0 Å². The van der Waals surface area contributed by atoms with Crippen molar-refractivity contribution in [3.63, 3.8) is 0 Å². The van der Waals surface area contributed by atoms with E-state index >= 15 is 0 Å². The maximum Gasteiger partial charge on any atom is 0.127 e. The van der Waals surface area contributed by atoms with Gasteiger partial charge in [-0.15, -0.1) is 0 Å². The summed E-state index contributed by atoms with van der Waals surface area (Å²) in [6.45, 7) is 2.90. The van der Waals surface area contributed by atoms with Crippen LogP contribution in [0.5, 0.6) is 11.5 Å². The third-order valence-corrected chi connectivity index (χ3v) is 4.52. The van der Waals surface area contributed by atoms with Gasteiger partial charge in [0, 0.05) is 11.6 Å². The highest BCUT2D eigenvalue weighted by atomic mass is 16.5. The van der Waals surface area contributed by atoms with Crippen molar-refractivity contribution in [3.05, 3.63) is 72.8 Å². The topological polar surface area (TPSA) is 29.5 Å². The lowest BCUT2D eigenvalue weighted by Gasteiger charge is -2.11. The lowest BCUT2D eigenvalue weighted by molar-refractivity contribution is 0.303. The molecule has 0 radical (unpaired) electrons. The van der Waals surface area contributed by atoms with Crippen LogP contribution in [-0.2, 0) is 0 Å². The van der Waals surface area contributed by atoms with Crippen molar-refractivity contribution >= 4 is 0 Å². The van der Waals surface area contributed by atoms with E-state index in [0.29, 0.717) is 6.61 Å². The second-order valence-corrected chi connectivity index (χ2v) is 6.53. The molecular weight excluding hydrogens is 320 g/mol. The van der Waals surface area contributed by atoms with Crippen LogP contribution in [0.25, 0.3) is 22.3 Å². The van der Waals surface area contributed by atoms with E-state index in [1.54, 1.807) is 6.07 Å². The van der Waals surface area contributed by atoms with Crippen LogP contribution in [-0.4, -0.2) is 11.7 Å². The number of aromatic hydroxyl groups is 1. The molecule has 0 heterocycles. The highest BCUT2D eigenvalue weighted by molar-refractivity contribution is 5.76. The van der Waals surface area contributed by atoms with Gasteiger partial charge in [0.15, 0.2) is 0 Å². The zero-order valence-electron chi connectivity index (χ0n) is 15.3. The summed E-state index contributed by atoms with van der Waals surface area (Å²) in [6.07, 6.45) is 4.70. The van der Waals surface area contributed by atoms with Crippen LogP contribution in [0.2, 0.25) is 0 Å². The summed E-state index contributed by atoms with van der Waals surface area (Å²) < 4.78 is 5.76. The molecule has 26 heavy (non-hydrogen) atoms. The molecule has 2 heteroatoms. The van der Waals surface area contributed by atoms with E-state index in [-0.39, 0.29) is 5.75 Å². The van der Waals surface area contributed by atoms with Gasteiger partial charge >= 0.3 is 0 Å². The Kier molecular flexibility index (Phi) is 6.32. The van der Waals surface area contributed by atoms with Crippen LogP contribution in [0.3, 0.4) is 0 Å². The summed E-state index contributed by atoms with van der Waals surface area (Å²) in [5.41, 5.74) is 4.12. The van der Waals surface area contributed by atoms with Crippen molar-refractivity contribution in [2.75, 3.05) is 6.61 Å². The lowest BCUT2D eigenvalue weighted by atomic mass is 9.98. The largest absolute Gasteiger partial charge is 0.507 e. The van der Waals surface area contributed by atoms with E-state index in [2.05, 4.69) is 31.2 Å². The molecule has 0 saturated heterocycles. The van der Waals surface area contributed by atoms with E-state index in [1.165, 1.54) is 24.8 Å². The Balaban J connectivity index is 1.73. The molecule has 3 rings (SSSR count). The van der Waals surface area contributed by atoms with Gasteiger partial charge in [-0.1, -0.05) is 74.7 Å². The number of ether oxygens (including phenoxy) is 1. The predicted octanol–water partition coefficient (Wildman–Crippen LogP) is 6.69. The van der Waals surface area contributed by atoms with Gasteiger partial charge in [-0.2, -0.15) is 0 Å². The molecule has 1 N–H and O–H groups in total. The highest BCUT2D eigenvalue weighted by Crippen LogP contribution is 2.34.